The molecule has 0 radical (unpaired) electrons. The maximum atomic E-state index is 12.9. The molecule has 1 nitrogen and oxygen atoms in total. The second-order valence-electron chi connectivity index (χ2n) is 3.87. The summed E-state index contributed by atoms with van der Waals surface area (Å²) in [6.07, 6.45) is 2.27. The molecule has 0 saturated carbocycles. The molecule has 76 valence electrons. The minimum atomic E-state index is -0.346. The molecule has 1 fully saturated rings. The standard InChI is InChI=1S/C11H13ClFN/c1-7-2-5-11(14-7)8-3-4-10(13)9(12)6-8/h3-4,6-7,11,14H,2,5H2,1H3. The van der Waals surface area contributed by atoms with E-state index >= 15 is 0 Å². The zero-order valence-corrected chi connectivity index (χ0v) is 8.81. The lowest BCUT2D eigenvalue weighted by Crippen LogP contribution is -2.20. The van der Waals surface area contributed by atoms with Gasteiger partial charge in [0.15, 0.2) is 0 Å². The van der Waals surface area contributed by atoms with Gasteiger partial charge in [0.05, 0.1) is 5.02 Å². The summed E-state index contributed by atoms with van der Waals surface area (Å²) in [6, 6.07) is 5.83. The lowest BCUT2D eigenvalue weighted by Gasteiger charge is -2.12. The Hall–Kier alpha value is -0.600. The number of rotatable bonds is 1. The van der Waals surface area contributed by atoms with Crippen molar-refractivity contribution in [1.82, 2.24) is 5.32 Å². The van der Waals surface area contributed by atoms with E-state index in [9.17, 15) is 4.39 Å². The zero-order valence-electron chi connectivity index (χ0n) is 8.06. The average Bonchev–Trinajstić information content (AvgIpc) is 2.57. The quantitative estimate of drug-likeness (QED) is 0.755. The predicted molar refractivity (Wildman–Crippen MR) is 56.0 cm³/mol. The van der Waals surface area contributed by atoms with Crippen molar-refractivity contribution in [2.75, 3.05) is 0 Å². The van der Waals surface area contributed by atoms with E-state index in [-0.39, 0.29) is 10.8 Å². The Labute approximate surface area is 88.3 Å². The second kappa shape index (κ2) is 3.87. The monoisotopic (exact) mass is 213 g/mol. The molecule has 1 aliphatic heterocycles. The van der Waals surface area contributed by atoms with E-state index in [0.29, 0.717) is 12.1 Å². The maximum Gasteiger partial charge on any atom is 0.141 e. The van der Waals surface area contributed by atoms with Crippen molar-refractivity contribution in [3.05, 3.63) is 34.6 Å². The highest BCUT2D eigenvalue weighted by Gasteiger charge is 2.21. The highest BCUT2D eigenvalue weighted by molar-refractivity contribution is 6.30. The van der Waals surface area contributed by atoms with Gasteiger partial charge in [-0.05, 0) is 37.5 Å². The molecule has 0 bridgehead atoms. The molecule has 3 heteroatoms. The van der Waals surface area contributed by atoms with Gasteiger partial charge in [0.25, 0.3) is 0 Å². The van der Waals surface area contributed by atoms with Crippen molar-refractivity contribution < 1.29 is 4.39 Å². The van der Waals surface area contributed by atoms with Crippen molar-refractivity contribution in [1.29, 1.82) is 0 Å². The summed E-state index contributed by atoms with van der Waals surface area (Å²) in [5.74, 6) is -0.346. The van der Waals surface area contributed by atoms with Gasteiger partial charge >= 0.3 is 0 Å². The van der Waals surface area contributed by atoms with Gasteiger partial charge in [0.1, 0.15) is 5.82 Å². The van der Waals surface area contributed by atoms with Crippen LogP contribution in [0.3, 0.4) is 0 Å². The largest absolute Gasteiger partial charge is 0.307 e. The van der Waals surface area contributed by atoms with Crippen LogP contribution in [0.2, 0.25) is 5.02 Å². The van der Waals surface area contributed by atoms with Crippen LogP contribution in [-0.4, -0.2) is 6.04 Å². The Morgan fingerprint density at radius 2 is 2.21 bits per heavy atom. The Bertz CT molecular complexity index is 340. The van der Waals surface area contributed by atoms with Gasteiger partial charge in [0, 0.05) is 12.1 Å². The summed E-state index contributed by atoms with van der Waals surface area (Å²) < 4.78 is 12.9. The van der Waals surface area contributed by atoms with E-state index in [1.54, 1.807) is 12.1 Å². The Morgan fingerprint density at radius 3 is 2.79 bits per heavy atom. The molecule has 14 heavy (non-hydrogen) atoms. The first-order valence-electron chi connectivity index (χ1n) is 4.88. The molecule has 0 amide bonds. The molecule has 1 aromatic rings. The Kier molecular flexibility index (Phi) is 2.75. The van der Waals surface area contributed by atoms with E-state index in [1.807, 2.05) is 0 Å². The van der Waals surface area contributed by atoms with Gasteiger partial charge < -0.3 is 5.32 Å². The predicted octanol–water partition coefficient (Wildman–Crippen LogP) is 3.29. The third kappa shape index (κ3) is 1.91. The minimum absolute atomic E-state index is 0.212. The molecule has 2 rings (SSSR count). The van der Waals surface area contributed by atoms with Gasteiger partial charge in [-0.3, -0.25) is 0 Å². The van der Waals surface area contributed by atoms with Gasteiger partial charge in [-0.15, -0.1) is 0 Å². The molecule has 0 spiro atoms. The van der Waals surface area contributed by atoms with E-state index in [2.05, 4.69) is 12.2 Å². The van der Waals surface area contributed by atoms with Crippen LogP contribution in [0, 0.1) is 5.82 Å². The Morgan fingerprint density at radius 1 is 1.43 bits per heavy atom. The number of hydrogen-bond donors (Lipinski definition) is 1. The van der Waals surface area contributed by atoms with Crippen LogP contribution < -0.4 is 5.32 Å². The highest BCUT2D eigenvalue weighted by Crippen LogP contribution is 2.28. The van der Waals surface area contributed by atoms with Crippen molar-refractivity contribution >= 4 is 11.6 Å². The van der Waals surface area contributed by atoms with Crippen LogP contribution >= 0.6 is 11.6 Å². The molecule has 2 unspecified atom stereocenters. The highest BCUT2D eigenvalue weighted by atomic mass is 35.5. The molecular formula is C11H13ClFN. The number of benzene rings is 1. The van der Waals surface area contributed by atoms with Gasteiger partial charge in [-0.25, -0.2) is 4.39 Å². The summed E-state index contributed by atoms with van der Waals surface area (Å²) in [5.41, 5.74) is 1.08. The second-order valence-corrected chi connectivity index (χ2v) is 4.28. The maximum absolute atomic E-state index is 12.9. The zero-order chi connectivity index (χ0) is 10.1. The number of hydrogen-bond acceptors (Lipinski definition) is 1. The SMILES string of the molecule is CC1CCC(c2ccc(F)c(Cl)c2)N1. The fourth-order valence-electron chi connectivity index (χ4n) is 1.92. The lowest BCUT2D eigenvalue weighted by molar-refractivity contribution is 0.581. The minimum Gasteiger partial charge on any atom is -0.307 e. The van der Waals surface area contributed by atoms with Crippen LogP contribution in [-0.2, 0) is 0 Å². The smallest absolute Gasteiger partial charge is 0.141 e. The number of halogens is 2. The van der Waals surface area contributed by atoms with E-state index in [1.165, 1.54) is 12.5 Å². The molecular weight excluding hydrogens is 201 g/mol. The first-order chi connectivity index (χ1) is 6.66. The van der Waals surface area contributed by atoms with Crippen molar-refractivity contribution in [3.63, 3.8) is 0 Å². The van der Waals surface area contributed by atoms with E-state index in [0.717, 1.165) is 12.0 Å². The van der Waals surface area contributed by atoms with E-state index < -0.39 is 0 Å². The van der Waals surface area contributed by atoms with Gasteiger partial charge in [-0.2, -0.15) is 0 Å². The van der Waals surface area contributed by atoms with Crippen LogP contribution in [0.25, 0.3) is 0 Å². The molecule has 1 saturated heterocycles. The fraction of sp³-hybridized carbons (Fsp3) is 0.455. The topological polar surface area (TPSA) is 12.0 Å². The first-order valence-corrected chi connectivity index (χ1v) is 5.25. The van der Waals surface area contributed by atoms with Crippen LogP contribution in [0.15, 0.2) is 18.2 Å². The summed E-state index contributed by atoms with van der Waals surface area (Å²) in [6.45, 7) is 2.16. The Balaban J connectivity index is 2.20. The van der Waals surface area contributed by atoms with Crippen molar-refractivity contribution in [2.24, 2.45) is 0 Å². The van der Waals surface area contributed by atoms with Crippen molar-refractivity contribution in [3.8, 4) is 0 Å². The summed E-state index contributed by atoms with van der Waals surface area (Å²) in [5, 5.41) is 3.65. The first kappa shape index (κ1) is 9.94. The number of nitrogens with one attached hydrogen (secondary N) is 1. The van der Waals surface area contributed by atoms with Crippen LogP contribution in [0.5, 0.6) is 0 Å². The van der Waals surface area contributed by atoms with Crippen LogP contribution in [0.4, 0.5) is 4.39 Å². The summed E-state index contributed by atoms with van der Waals surface area (Å²) in [4.78, 5) is 0. The summed E-state index contributed by atoms with van der Waals surface area (Å²) >= 11 is 5.73. The summed E-state index contributed by atoms with van der Waals surface area (Å²) in [7, 11) is 0. The lowest BCUT2D eigenvalue weighted by atomic mass is 10.1. The third-order valence-corrected chi connectivity index (χ3v) is 3.01. The van der Waals surface area contributed by atoms with Crippen LogP contribution in [0.1, 0.15) is 31.4 Å². The third-order valence-electron chi connectivity index (χ3n) is 2.72. The van der Waals surface area contributed by atoms with Gasteiger partial charge in [0.2, 0.25) is 0 Å². The normalized spacial score (nSPS) is 26.8. The molecule has 1 N–H and O–H groups in total. The molecule has 2 atom stereocenters. The molecule has 1 aliphatic rings. The average molecular weight is 214 g/mol. The van der Waals surface area contributed by atoms with Gasteiger partial charge in [-0.1, -0.05) is 17.7 Å². The fourth-order valence-corrected chi connectivity index (χ4v) is 2.11. The van der Waals surface area contributed by atoms with E-state index in [4.69, 9.17) is 11.6 Å². The molecule has 0 aromatic heterocycles. The molecule has 0 aliphatic carbocycles. The molecule has 1 heterocycles. The molecule has 1 aromatic carbocycles. The van der Waals surface area contributed by atoms with Crippen molar-refractivity contribution in [2.45, 2.75) is 31.8 Å².